The van der Waals surface area contributed by atoms with Gasteiger partial charge in [-0.05, 0) is 42.9 Å². The van der Waals surface area contributed by atoms with Crippen LogP contribution in [-0.4, -0.2) is 4.92 Å². The third-order valence-electron chi connectivity index (χ3n) is 3.63. The number of halogens is 1. The Bertz CT molecular complexity index is 697. The second-order valence-corrected chi connectivity index (χ2v) is 6.01. The summed E-state index contributed by atoms with van der Waals surface area (Å²) in [6.07, 6.45) is 4.19. The molecular weight excluding hydrogens is 279 g/mol. The van der Waals surface area contributed by atoms with Crippen molar-refractivity contribution in [3.63, 3.8) is 0 Å². The fourth-order valence-corrected chi connectivity index (χ4v) is 3.89. The third kappa shape index (κ3) is 2.06. The maximum atomic E-state index is 13.4. The molecule has 2 aromatic rings. The summed E-state index contributed by atoms with van der Waals surface area (Å²) in [5.74, 6) is -0.818. The first-order valence-corrected chi connectivity index (χ1v) is 7.24. The summed E-state index contributed by atoms with van der Waals surface area (Å²) in [6, 6.07) is 3.98. The van der Waals surface area contributed by atoms with E-state index in [4.69, 9.17) is 5.73 Å². The van der Waals surface area contributed by atoms with E-state index >= 15 is 0 Å². The third-order valence-corrected chi connectivity index (χ3v) is 4.75. The van der Waals surface area contributed by atoms with Gasteiger partial charge in [0.2, 0.25) is 5.82 Å². The van der Waals surface area contributed by atoms with Gasteiger partial charge >= 0.3 is 5.69 Å². The number of fused-ring (bicyclic) bond motifs is 1. The molecule has 0 aliphatic heterocycles. The highest BCUT2D eigenvalue weighted by Crippen LogP contribution is 2.43. The molecule has 2 N–H and O–H groups in total. The van der Waals surface area contributed by atoms with Crippen molar-refractivity contribution in [2.75, 3.05) is 5.73 Å². The molecule has 1 heterocycles. The highest BCUT2D eigenvalue weighted by atomic mass is 32.1. The van der Waals surface area contributed by atoms with Gasteiger partial charge < -0.3 is 5.73 Å². The lowest BCUT2D eigenvalue weighted by Crippen LogP contribution is -2.00. The quantitative estimate of drug-likeness (QED) is 0.673. The Balaban J connectivity index is 2.16. The molecule has 0 atom stereocenters. The zero-order valence-corrected chi connectivity index (χ0v) is 11.5. The van der Waals surface area contributed by atoms with Crippen molar-refractivity contribution in [2.45, 2.75) is 25.7 Å². The Labute approximate surface area is 119 Å². The van der Waals surface area contributed by atoms with Crippen LogP contribution in [0, 0.1) is 15.9 Å². The average Bonchev–Trinajstić information content (AvgIpc) is 2.75. The Morgan fingerprint density at radius 2 is 2.05 bits per heavy atom. The average molecular weight is 292 g/mol. The molecule has 6 heteroatoms. The van der Waals surface area contributed by atoms with E-state index in [9.17, 15) is 14.5 Å². The topological polar surface area (TPSA) is 69.2 Å². The number of nitrogens with zero attached hydrogens (tertiary/aromatic N) is 1. The van der Waals surface area contributed by atoms with Gasteiger partial charge in [0.15, 0.2) is 0 Å². The maximum Gasteiger partial charge on any atom is 0.305 e. The van der Waals surface area contributed by atoms with Gasteiger partial charge in [0.25, 0.3) is 0 Å². The van der Waals surface area contributed by atoms with E-state index in [0.717, 1.165) is 37.3 Å². The summed E-state index contributed by atoms with van der Waals surface area (Å²) in [7, 11) is 0. The molecule has 0 radical (unpaired) electrons. The van der Waals surface area contributed by atoms with Crippen LogP contribution in [0.5, 0.6) is 0 Å². The molecule has 1 aliphatic carbocycles. The minimum atomic E-state index is -0.818. The molecule has 0 unspecified atom stereocenters. The highest BCUT2D eigenvalue weighted by molar-refractivity contribution is 7.16. The summed E-state index contributed by atoms with van der Waals surface area (Å²) >= 11 is 1.54. The Kier molecular flexibility index (Phi) is 3.17. The van der Waals surface area contributed by atoms with Crippen LogP contribution in [0.3, 0.4) is 0 Å². The van der Waals surface area contributed by atoms with Gasteiger partial charge in [-0.3, -0.25) is 10.1 Å². The molecule has 104 valence electrons. The van der Waals surface area contributed by atoms with Crippen LogP contribution in [-0.2, 0) is 12.8 Å². The second-order valence-electron chi connectivity index (χ2n) is 4.87. The molecule has 4 nitrogen and oxygen atoms in total. The number of nitro benzene ring substituents is 1. The zero-order chi connectivity index (χ0) is 14.3. The largest absolute Gasteiger partial charge is 0.390 e. The lowest BCUT2D eigenvalue weighted by molar-refractivity contribution is -0.387. The normalized spacial score (nSPS) is 14.1. The first-order chi connectivity index (χ1) is 9.58. The number of hydrogen-bond acceptors (Lipinski definition) is 4. The molecule has 0 saturated heterocycles. The summed E-state index contributed by atoms with van der Waals surface area (Å²) in [5.41, 5.74) is 8.24. The van der Waals surface area contributed by atoms with E-state index < -0.39 is 16.4 Å². The van der Waals surface area contributed by atoms with Crippen molar-refractivity contribution in [3.8, 4) is 11.1 Å². The molecule has 0 bridgehead atoms. The Hall–Kier alpha value is -1.95. The van der Waals surface area contributed by atoms with Crippen molar-refractivity contribution in [3.05, 3.63) is 44.6 Å². The van der Waals surface area contributed by atoms with E-state index in [0.29, 0.717) is 10.6 Å². The molecule has 0 fully saturated rings. The van der Waals surface area contributed by atoms with E-state index in [2.05, 4.69) is 0 Å². The van der Waals surface area contributed by atoms with Gasteiger partial charge in [0.05, 0.1) is 9.92 Å². The van der Waals surface area contributed by atoms with E-state index in [1.54, 1.807) is 17.4 Å². The van der Waals surface area contributed by atoms with Gasteiger partial charge in [0.1, 0.15) is 0 Å². The first-order valence-electron chi connectivity index (χ1n) is 6.42. The SMILES string of the molecule is Nc1sc2c(c1-c1ccc(F)c([N+](=O)[O-])c1)CCCC2. The molecule has 1 aromatic heterocycles. The number of nitrogens with two attached hydrogens (primary N) is 1. The van der Waals surface area contributed by atoms with Gasteiger partial charge in [-0.2, -0.15) is 4.39 Å². The number of thiophene rings is 1. The monoisotopic (exact) mass is 292 g/mol. The summed E-state index contributed by atoms with van der Waals surface area (Å²) < 4.78 is 13.4. The van der Waals surface area contributed by atoms with Crippen LogP contribution >= 0.6 is 11.3 Å². The summed E-state index contributed by atoms with van der Waals surface area (Å²) in [4.78, 5) is 11.4. The number of nitrogen functional groups attached to an aromatic ring is 1. The molecule has 20 heavy (non-hydrogen) atoms. The van der Waals surface area contributed by atoms with Crippen molar-refractivity contribution >= 4 is 22.0 Å². The van der Waals surface area contributed by atoms with Crippen molar-refractivity contribution in [2.24, 2.45) is 0 Å². The Morgan fingerprint density at radius 3 is 2.80 bits per heavy atom. The number of anilines is 1. The number of benzene rings is 1. The van der Waals surface area contributed by atoms with Gasteiger partial charge in [-0.15, -0.1) is 11.3 Å². The first kappa shape index (κ1) is 13.1. The molecule has 1 aliphatic rings. The molecule has 1 aromatic carbocycles. The summed E-state index contributed by atoms with van der Waals surface area (Å²) in [5, 5.41) is 11.5. The van der Waals surface area contributed by atoms with Gasteiger partial charge in [-0.25, -0.2) is 0 Å². The van der Waals surface area contributed by atoms with E-state index in [1.807, 2.05) is 0 Å². The van der Waals surface area contributed by atoms with Crippen LogP contribution in [0.2, 0.25) is 0 Å². The van der Waals surface area contributed by atoms with Crippen molar-refractivity contribution in [1.29, 1.82) is 0 Å². The van der Waals surface area contributed by atoms with Crippen LogP contribution in [0.15, 0.2) is 18.2 Å². The smallest absolute Gasteiger partial charge is 0.305 e. The van der Waals surface area contributed by atoms with Crippen LogP contribution in [0.4, 0.5) is 15.1 Å². The predicted octanol–water partition coefficient (Wildman–Crippen LogP) is 3.92. The van der Waals surface area contributed by atoms with Crippen LogP contribution in [0.25, 0.3) is 11.1 Å². The van der Waals surface area contributed by atoms with Gasteiger partial charge in [-0.1, -0.05) is 6.07 Å². The molecule has 3 rings (SSSR count). The minimum absolute atomic E-state index is 0.502. The summed E-state index contributed by atoms with van der Waals surface area (Å²) in [6.45, 7) is 0. The fourth-order valence-electron chi connectivity index (χ4n) is 2.71. The lowest BCUT2D eigenvalue weighted by Gasteiger charge is -2.12. The Morgan fingerprint density at radius 1 is 1.30 bits per heavy atom. The maximum absolute atomic E-state index is 13.4. The van der Waals surface area contributed by atoms with Crippen LogP contribution < -0.4 is 5.73 Å². The number of hydrogen-bond donors (Lipinski definition) is 1. The zero-order valence-electron chi connectivity index (χ0n) is 10.7. The number of rotatable bonds is 2. The van der Waals surface area contributed by atoms with Crippen molar-refractivity contribution < 1.29 is 9.31 Å². The minimum Gasteiger partial charge on any atom is -0.390 e. The predicted molar refractivity (Wildman–Crippen MR) is 77.4 cm³/mol. The van der Waals surface area contributed by atoms with E-state index in [1.165, 1.54) is 16.5 Å². The standard InChI is InChI=1S/C14H13FN2O2S/c15-10-6-5-8(7-11(10)17(18)19)13-9-3-1-2-4-12(9)20-14(13)16/h5-7H,1-4,16H2. The van der Waals surface area contributed by atoms with Crippen LogP contribution in [0.1, 0.15) is 23.3 Å². The number of aryl methyl sites for hydroxylation is 1. The highest BCUT2D eigenvalue weighted by Gasteiger charge is 2.23. The molecule has 0 saturated carbocycles. The molecule has 0 spiro atoms. The molecule has 0 amide bonds. The number of nitro groups is 1. The lowest BCUT2D eigenvalue weighted by atomic mass is 9.92. The molecular formula is C14H13FN2O2S. The van der Waals surface area contributed by atoms with E-state index in [-0.39, 0.29) is 0 Å². The fraction of sp³-hybridized carbons (Fsp3) is 0.286. The van der Waals surface area contributed by atoms with Crippen molar-refractivity contribution in [1.82, 2.24) is 0 Å². The second kappa shape index (κ2) is 4.86. The van der Waals surface area contributed by atoms with Gasteiger partial charge in [0, 0.05) is 16.5 Å².